The van der Waals surface area contributed by atoms with Crippen LogP contribution in [0.2, 0.25) is 0 Å². The molecule has 1 aliphatic heterocycles. The molecule has 2 fully saturated rings. The average Bonchev–Trinajstić information content (AvgIpc) is 2.87. The monoisotopic (exact) mass is 294 g/mol. The fraction of sp³-hybridized carbons (Fsp3) is 0.941. The third-order valence-electron chi connectivity index (χ3n) is 5.27. The molecular weight excluding hydrogens is 260 g/mol. The maximum absolute atomic E-state index is 4.88. The lowest BCUT2D eigenvalue weighted by atomic mass is 9.68. The number of hydrogen-bond donors (Lipinski definition) is 1. The van der Waals surface area contributed by atoms with Crippen molar-refractivity contribution in [2.75, 3.05) is 39.3 Å². The molecule has 0 aromatic heterocycles. The molecule has 0 bridgehead atoms. The third kappa shape index (κ3) is 4.12. The van der Waals surface area contributed by atoms with Crippen LogP contribution in [-0.4, -0.2) is 61.1 Å². The summed E-state index contributed by atoms with van der Waals surface area (Å²) in [6.07, 6.45) is 5.66. The van der Waals surface area contributed by atoms with Gasteiger partial charge in [-0.2, -0.15) is 0 Å². The number of likely N-dealkylation sites (N-methyl/N-ethyl adjacent to an activating group) is 1. The second-order valence-corrected chi connectivity index (χ2v) is 6.98. The van der Waals surface area contributed by atoms with Crippen molar-refractivity contribution in [3.63, 3.8) is 0 Å². The molecule has 21 heavy (non-hydrogen) atoms. The lowest BCUT2D eigenvalue weighted by Gasteiger charge is -2.38. The highest BCUT2D eigenvalue weighted by atomic mass is 15.3. The summed E-state index contributed by atoms with van der Waals surface area (Å²) < 4.78 is 0. The van der Waals surface area contributed by atoms with E-state index in [4.69, 9.17) is 4.99 Å². The average molecular weight is 294 g/mol. The zero-order valence-electron chi connectivity index (χ0n) is 14.5. The number of guanidine groups is 1. The fourth-order valence-electron chi connectivity index (χ4n) is 3.69. The van der Waals surface area contributed by atoms with Crippen molar-refractivity contribution in [2.45, 2.75) is 59.4 Å². The molecule has 1 spiro atoms. The molecule has 0 aromatic rings. The van der Waals surface area contributed by atoms with E-state index in [0.29, 0.717) is 11.5 Å². The molecular formula is C17H34N4. The molecule has 0 unspecified atom stereocenters. The minimum absolute atomic E-state index is 0.609. The van der Waals surface area contributed by atoms with Gasteiger partial charge in [0, 0.05) is 32.2 Å². The maximum Gasteiger partial charge on any atom is 0.193 e. The van der Waals surface area contributed by atoms with E-state index >= 15 is 0 Å². The normalized spacial score (nSPS) is 21.4. The minimum Gasteiger partial charge on any atom is -0.357 e. The summed E-state index contributed by atoms with van der Waals surface area (Å²) in [6, 6.07) is 0.609. The smallest absolute Gasteiger partial charge is 0.193 e. The van der Waals surface area contributed by atoms with Gasteiger partial charge in [0.2, 0.25) is 0 Å². The zero-order chi connectivity index (χ0) is 15.3. The first kappa shape index (κ1) is 16.6. The summed E-state index contributed by atoms with van der Waals surface area (Å²) in [7, 11) is 0. The Morgan fingerprint density at radius 3 is 2.52 bits per heavy atom. The van der Waals surface area contributed by atoms with E-state index in [1.807, 2.05) is 0 Å². The lowest BCUT2D eigenvalue weighted by molar-refractivity contribution is 0.151. The standard InChI is InChI=1S/C17H34N4/c1-5-18-16(19-11-13-20(6-2)15(3)4)21-12-10-17(14-21)8-7-9-17/h15H,5-14H2,1-4H3,(H,18,19). The van der Waals surface area contributed by atoms with Gasteiger partial charge in [0.1, 0.15) is 0 Å². The molecule has 1 heterocycles. The van der Waals surface area contributed by atoms with Gasteiger partial charge in [-0.3, -0.25) is 9.89 Å². The Morgan fingerprint density at radius 1 is 1.29 bits per heavy atom. The molecule has 4 heteroatoms. The molecule has 0 amide bonds. The minimum atomic E-state index is 0.609. The molecule has 1 aliphatic carbocycles. The van der Waals surface area contributed by atoms with Crippen LogP contribution in [0, 0.1) is 5.41 Å². The van der Waals surface area contributed by atoms with Crippen molar-refractivity contribution in [1.29, 1.82) is 0 Å². The zero-order valence-corrected chi connectivity index (χ0v) is 14.5. The van der Waals surface area contributed by atoms with Gasteiger partial charge in [0.05, 0.1) is 6.54 Å². The predicted octanol–water partition coefficient (Wildman–Crippen LogP) is 2.56. The molecule has 2 aliphatic rings. The van der Waals surface area contributed by atoms with Crippen LogP contribution in [0.5, 0.6) is 0 Å². The Balaban J connectivity index is 1.87. The number of nitrogens with one attached hydrogen (secondary N) is 1. The van der Waals surface area contributed by atoms with E-state index in [1.165, 1.54) is 38.8 Å². The molecule has 0 atom stereocenters. The topological polar surface area (TPSA) is 30.9 Å². The van der Waals surface area contributed by atoms with E-state index in [2.05, 4.69) is 42.8 Å². The quantitative estimate of drug-likeness (QED) is 0.603. The molecule has 2 rings (SSSR count). The van der Waals surface area contributed by atoms with Gasteiger partial charge in [-0.1, -0.05) is 13.3 Å². The number of aliphatic imine (C=N–C) groups is 1. The number of hydrogen-bond acceptors (Lipinski definition) is 2. The number of nitrogens with zero attached hydrogens (tertiary/aromatic N) is 3. The van der Waals surface area contributed by atoms with Gasteiger partial charge in [-0.25, -0.2) is 0 Å². The Labute approximate surface area is 131 Å². The summed E-state index contributed by atoms with van der Waals surface area (Å²) in [5.41, 5.74) is 0.642. The van der Waals surface area contributed by atoms with Crippen LogP contribution in [0.25, 0.3) is 0 Å². The first-order valence-electron chi connectivity index (χ1n) is 8.87. The van der Waals surface area contributed by atoms with Crippen LogP contribution in [0.15, 0.2) is 4.99 Å². The maximum atomic E-state index is 4.88. The van der Waals surface area contributed by atoms with E-state index in [1.54, 1.807) is 0 Å². The van der Waals surface area contributed by atoms with Gasteiger partial charge < -0.3 is 10.2 Å². The van der Waals surface area contributed by atoms with E-state index in [-0.39, 0.29) is 0 Å². The van der Waals surface area contributed by atoms with Gasteiger partial charge in [0.25, 0.3) is 0 Å². The second-order valence-electron chi connectivity index (χ2n) is 6.98. The lowest BCUT2D eigenvalue weighted by Crippen LogP contribution is -2.43. The summed E-state index contributed by atoms with van der Waals surface area (Å²) in [5.74, 6) is 1.14. The molecule has 0 radical (unpaired) electrons. The van der Waals surface area contributed by atoms with Crippen molar-refractivity contribution >= 4 is 5.96 Å². The predicted molar refractivity (Wildman–Crippen MR) is 90.8 cm³/mol. The van der Waals surface area contributed by atoms with Crippen molar-refractivity contribution in [3.05, 3.63) is 0 Å². The largest absolute Gasteiger partial charge is 0.357 e. The Morgan fingerprint density at radius 2 is 2.05 bits per heavy atom. The SMILES string of the molecule is CCNC(=NCCN(CC)C(C)C)N1CCC2(CCC2)C1. The van der Waals surface area contributed by atoms with Gasteiger partial charge >= 0.3 is 0 Å². The fourth-order valence-corrected chi connectivity index (χ4v) is 3.69. The summed E-state index contributed by atoms with van der Waals surface area (Å²) in [4.78, 5) is 9.85. The molecule has 1 saturated carbocycles. The van der Waals surface area contributed by atoms with E-state index in [0.717, 1.165) is 32.1 Å². The van der Waals surface area contributed by atoms with Crippen LogP contribution in [-0.2, 0) is 0 Å². The van der Waals surface area contributed by atoms with E-state index in [9.17, 15) is 0 Å². The molecule has 0 aromatic carbocycles. The molecule has 122 valence electrons. The van der Waals surface area contributed by atoms with Crippen molar-refractivity contribution in [2.24, 2.45) is 10.4 Å². The highest BCUT2D eigenvalue weighted by Gasteiger charge is 2.43. The van der Waals surface area contributed by atoms with E-state index < -0.39 is 0 Å². The van der Waals surface area contributed by atoms with Crippen LogP contribution in [0.4, 0.5) is 0 Å². The molecule has 1 saturated heterocycles. The van der Waals surface area contributed by atoms with Crippen LogP contribution in [0.3, 0.4) is 0 Å². The van der Waals surface area contributed by atoms with Crippen LogP contribution >= 0.6 is 0 Å². The third-order valence-corrected chi connectivity index (χ3v) is 5.27. The molecule has 1 N–H and O–H groups in total. The van der Waals surface area contributed by atoms with Gasteiger partial charge in [0.15, 0.2) is 5.96 Å². The number of rotatable bonds is 6. The summed E-state index contributed by atoms with van der Waals surface area (Å²) in [5, 5.41) is 3.49. The van der Waals surface area contributed by atoms with Crippen molar-refractivity contribution in [3.8, 4) is 0 Å². The first-order chi connectivity index (χ1) is 10.1. The van der Waals surface area contributed by atoms with Crippen LogP contribution < -0.4 is 5.32 Å². The highest BCUT2D eigenvalue weighted by Crippen LogP contribution is 2.47. The first-order valence-corrected chi connectivity index (χ1v) is 8.87. The highest BCUT2D eigenvalue weighted by molar-refractivity contribution is 5.80. The Hall–Kier alpha value is -0.770. The number of likely N-dealkylation sites (tertiary alicyclic amines) is 1. The van der Waals surface area contributed by atoms with Gasteiger partial charge in [-0.05, 0) is 52.0 Å². The van der Waals surface area contributed by atoms with Gasteiger partial charge in [-0.15, -0.1) is 0 Å². The Bertz CT molecular complexity index is 347. The van der Waals surface area contributed by atoms with Crippen LogP contribution in [0.1, 0.15) is 53.4 Å². The Kier molecular flexibility index (Phi) is 5.91. The summed E-state index contributed by atoms with van der Waals surface area (Å²) >= 11 is 0. The van der Waals surface area contributed by atoms with Crippen molar-refractivity contribution in [1.82, 2.24) is 15.1 Å². The van der Waals surface area contributed by atoms with Crippen molar-refractivity contribution < 1.29 is 0 Å². The second kappa shape index (κ2) is 7.48. The molecule has 4 nitrogen and oxygen atoms in total. The summed E-state index contributed by atoms with van der Waals surface area (Å²) in [6.45, 7) is 15.4.